The summed E-state index contributed by atoms with van der Waals surface area (Å²) in [6.07, 6.45) is -2.09. The van der Waals surface area contributed by atoms with Gasteiger partial charge in [-0.05, 0) is 18.6 Å². The van der Waals surface area contributed by atoms with Crippen LogP contribution in [0.5, 0.6) is 11.5 Å². The van der Waals surface area contributed by atoms with Crippen LogP contribution in [0.4, 0.5) is 23.5 Å². The third-order valence-corrected chi connectivity index (χ3v) is 7.69. The summed E-state index contributed by atoms with van der Waals surface area (Å²) in [6, 6.07) is 8.06. The number of halogens is 4. The first-order chi connectivity index (χ1) is 18.1. The molecule has 2 aliphatic heterocycles. The predicted molar refractivity (Wildman–Crippen MR) is 127 cm³/mol. The molecule has 2 aromatic carbocycles. The number of benzene rings is 2. The summed E-state index contributed by atoms with van der Waals surface area (Å²) in [4.78, 5) is 7.01. The van der Waals surface area contributed by atoms with Crippen LogP contribution in [0.1, 0.15) is 41.9 Å². The number of nitrogens with zero attached hydrogens (tertiary/aromatic N) is 2. The van der Waals surface area contributed by atoms with Gasteiger partial charge in [-0.25, -0.2) is 27.5 Å². The van der Waals surface area contributed by atoms with Crippen LogP contribution in [0, 0.1) is 5.82 Å². The van der Waals surface area contributed by atoms with Crippen molar-refractivity contribution in [3.8, 4) is 11.5 Å². The number of hydrogen-bond acceptors (Lipinski definition) is 7. The molecule has 13 heteroatoms. The monoisotopic (exact) mass is 553 g/mol. The van der Waals surface area contributed by atoms with E-state index >= 15 is 0 Å². The molecule has 3 heterocycles. The second-order valence-corrected chi connectivity index (χ2v) is 10.6. The number of sulfonamides is 1. The fourth-order valence-corrected chi connectivity index (χ4v) is 5.52. The number of aromatic nitrogens is 2. The molecule has 0 radical (unpaired) electrons. The molecule has 1 atom stereocenters. The molecule has 1 N–H and O–H groups in total. The van der Waals surface area contributed by atoms with E-state index in [2.05, 4.69) is 14.7 Å². The van der Waals surface area contributed by atoms with Gasteiger partial charge in [0.25, 0.3) is 10.0 Å². The summed E-state index contributed by atoms with van der Waals surface area (Å²) < 4.78 is 99.9. The van der Waals surface area contributed by atoms with Crippen LogP contribution in [0.2, 0.25) is 0 Å². The molecule has 0 saturated carbocycles. The summed E-state index contributed by atoms with van der Waals surface area (Å²) in [7, 11) is -4.16. The number of alkyl halides is 3. The van der Waals surface area contributed by atoms with Gasteiger partial charge in [0.1, 0.15) is 17.6 Å². The third-order valence-electron chi connectivity index (χ3n) is 6.36. The second kappa shape index (κ2) is 10.4. The normalized spacial score (nSPS) is 18.4. The van der Waals surface area contributed by atoms with Gasteiger partial charge in [0.15, 0.2) is 5.82 Å². The third kappa shape index (κ3) is 5.53. The Morgan fingerprint density at radius 3 is 2.42 bits per heavy atom. The van der Waals surface area contributed by atoms with Gasteiger partial charge in [-0.2, -0.15) is 13.2 Å². The Morgan fingerprint density at radius 2 is 1.71 bits per heavy atom. The fraction of sp³-hybridized carbons (Fsp3) is 0.360. The molecule has 0 unspecified atom stereocenters. The van der Waals surface area contributed by atoms with E-state index in [1.54, 1.807) is 6.07 Å². The van der Waals surface area contributed by atoms with E-state index in [0.717, 1.165) is 18.5 Å². The number of nitrogens with one attached hydrogen (secondary N) is 1. The Morgan fingerprint density at radius 1 is 0.974 bits per heavy atom. The molecule has 8 nitrogen and oxygen atoms in total. The highest BCUT2D eigenvalue weighted by atomic mass is 32.2. The molecule has 3 aromatic rings. The topological polar surface area (TPSA) is 99.6 Å². The Bertz CT molecular complexity index is 1410. The minimum absolute atomic E-state index is 0.155. The number of ether oxygens (including phenoxy) is 3. The molecule has 0 spiro atoms. The summed E-state index contributed by atoms with van der Waals surface area (Å²) in [5.41, 5.74) is 0.0194. The lowest BCUT2D eigenvalue weighted by molar-refractivity contribution is -0.139. The largest absolute Gasteiger partial charge is 0.493 e. The van der Waals surface area contributed by atoms with E-state index in [1.165, 1.54) is 24.3 Å². The number of para-hydroxylation sites is 1. The van der Waals surface area contributed by atoms with Gasteiger partial charge in [-0.3, -0.25) is 0 Å². The van der Waals surface area contributed by atoms with E-state index in [-0.39, 0.29) is 28.9 Å². The van der Waals surface area contributed by atoms with Gasteiger partial charge in [0, 0.05) is 36.0 Å². The average Bonchev–Trinajstić information content (AvgIpc) is 2.89. The minimum Gasteiger partial charge on any atom is -0.493 e. The quantitative estimate of drug-likeness (QED) is 0.433. The maximum atomic E-state index is 14.0. The molecule has 2 aliphatic rings. The molecule has 1 saturated heterocycles. The maximum absolute atomic E-state index is 14.0. The van der Waals surface area contributed by atoms with Crippen molar-refractivity contribution < 1.29 is 40.2 Å². The van der Waals surface area contributed by atoms with Crippen molar-refractivity contribution in [3.05, 3.63) is 71.3 Å². The van der Waals surface area contributed by atoms with Crippen molar-refractivity contribution >= 4 is 16.0 Å². The number of rotatable bonds is 6. The highest BCUT2D eigenvalue weighted by Crippen LogP contribution is 2.47. The molecule has 5 rings (SSSR count). The fourth-order valence-electron chi connectivity index (χ4n) is 4.55. The van der Waals surface area contributed by atoms with E-state index < -0.39 is 39.6 Å². The van der Waals surface area contributed by atoms with Crippen molar-refractivity contribution in [1.82, 2.24) is 9.97 Å². The maximum Gasteiger partial charge on any atom is 0.419 e. The van der Waals surface area contributed by atoms with Gasteiger partial charge in [-0.15, -0.1) is 0 Å². The Kier molecular flexibility index (Phi) is 7.14. The van der Waals surface area contributed by atoms with Crippen LogP contribution in [0.25, 0.3) is 0 Å². The van der Waals surface area contributed by atoms with Gasteiger partial charge < -0.3 is 14.2 Å². The predicted octanol–water partition coefficient (Wildman–Crippen LogP) is 4.91. The zero-order chi connectivity index (χ0) is 26.9. The first kappa shape index (κ1) is 26.2. The lowest BCUT2D eigenvalue weighted by Gasteiger charge is -2.31. The van der Waals surface area contributed by atoms with E-state index in [0.29, 0.717) is 43.6 Å². The Hall–Kier alpha value is -3.45. The van der Waals surface area contributed by atoms with Crippen molar-refractivity contribution in [1.29, 1.82) is 0 Å². The smallest absolute Gasteiger partial charge is 0.419 e. The first-order valence-electron chi connectivity index (χ1n) is 11.8. The van der Waals surface area contributed by atoms with Crippen molar-refractivity contribution in [2.75, 3.05) is 24.5 Å². The molecule has 1 fully saturated rings. The minimum atomic E-state index is -4.63. The van der Waals surface area contributed by atoms with Crippen molar-refractivity contribution in [3.63, 3.8) is 0 Å². The highest BCUT2D eigenvalue weighted by Gasteiger charge is 2.38. The second-order valence-electron chi connectivity index (χ2n) is 8.87. The molecular weight excluding hydrogens is 530 g/mol. The lowest BCUT2D eigenvalue weighted by Crippen LogP contribution is -2.28. The van der Waals surface area contributed by atoms with Crippen LogP contribution in [0.15, 0.2) is 53.7 Å². The van der Waals surface area contributed by atoms with Crippen LogP contribution in [-0.4, -0.2) is 44.3 Å². The van der Waals surface area contributed by atoms with Crippen LogP contribution in [-0.2, 0) is 20.9 Å². The van der Waals surface area contributed by atoms with Gasteiger partial charge in [-0.1, -0.05) is 18.2 Å². The van der Waals surface area contributed by atoms with Crippen molar-refractivity contribution in [2.24, 2.45) is 0 Å². The van der Waals surface area contributed by atoms with Crippen LogP contribution < -0.4 is 14.2 Å². The van der Waals surface area contributed by atoms with E-state index in [1.807, 2.05) is 0 Å². The van der Waals surface area contributed by atoms with Crippen LogP contribution >= 0.6 is 0 Å². The number of hydrogen-bond donors (Lipinski definition) is 1. The Balaban J connectivity index is 1.50. The zero-order valence-corrected chi connectivity index (χ0v) is 20.7. The molecular formula is C25H23F4N3O5S. The SMILES string of the molecule is O=S(=O)(Nc1ncc(F)cn1)c1ccc2c(c1)OCC[C@H]2c1cccc(C(F)(F)F)c1OC1CCOCC1. The average molecular weight is 554 g/mol. The zero-order valence-electron chi connectivity index (χ0n) is 19.9. The van der Waals surface area contributed by atoms with Gasteiger partial charge in [0.05, 0.1) is 42.7 Å². The molecule has 0 aliphatic carbocycles. The Labute approximate surface area is 216 Å². The first-order valence-corrected chi connectivity index (χ1v) is 13.3. The van der Waals surface area contributed by atoms with Crippen LogP contribution in [0.3, 0.4) is 0 Å². The molecule has 202 valence electrons. The summed E-state index contributed by atoms with van der Waals surface area (Å²) in [6.45, 7) is 0.966. The highest BCUT2D eigenvalue weighted by molar-refractivity contribution is 7.92. The van der Waals surface area contributed by atoms with E-state index in [4.69, 9.17) is 14.2 Å². The molecule has 1 aromatic heterocycles. The van der Waals surface area contributed by atoms with Gasteiger partial charge >= 0.3 is 6.18 Å². The number of anilines is 1. The standard InChI is InChI=1S/C25H23F4N3O5S/c26-15-13-30-24(31-14-15)32-38(33,34)17-4-5-19-18(8-11-36-22(19)12-17)20-2-1-3-21(25(27,28)29)23(20)37-16-6-9-35-10-7-16/h1-5,12-14,16,18H,6-11H2,(H,30,31,32)/t18-/m1/s1. The number of fused-ring (bicyclic) bond motifs is 1. The molecule has 0 bridgehead atoms. The summed E-state index contributed by atoms with van der Waals surface area (Å²) in [5.74, 6) is -1.58. The van der Waals surface area contributed by atoms with Gasteiger partial charge in [0.2, 0.25) is 5.95 Å². The summed E-state index contributed by atoms with van der Waals surface area (Å²) in [5, 5.41) is 0. The van der Waals surface area contributed by atoms with Crippen molar-refractivity contribution in [2.45, 2.75) is 42.4 Å². The van der Waals surface area contributed by atoms with E-state index in [9.17, 15) is 26.0 Å². The summed E-state index contributed by atoms with van der Waals surface area (Å²) >= 11 is 0. The molecule has 38 heavy (non-hydrogen) atoms. The molecule has 0 amide bonds. The lowest BCUT2D eigenvalue weighted by atomic mass is 9.85.